The number of carbonyl (C=O) groups excluding carboxylic acids is 1. The number of halogens is 3. The minimum absolute atomic E-state index is 0.0969. The van der Waals surface area contributed by atoms with Gasteiger partial charge in [0.15, 0.2) is 5.78 Å². The second-order valence-electron chi connectivity index (χ2n) is 7.19. The Morgan fingerprint density at radius 2 is 1.76 bits per heavy atom. The van der Waals surface area contributed by atoms with Crippen LogP contribution in [0.15, 0.2) is 60.8 Å². The van der Waals surface area contributed by atoms with E-state index in [1.165, 1.54) is 6.07 Å². The number of unbranched alkanes of at least 4 members (excludes halogenated alkanes) is 2. The van der Waals surface area contributed by atoms with Gasteiger partial charge in [-0.3, -0.25) is 4.79 Å². The molecule has 3 rings (SSSR count). The summed E-state index contributed by atoms with van der Waals surface area (Å²) in [6, 6.07) is 14.3. The first kappa shape index (κ1) is 20.9. The van der Waals surface area contributed by atoms with Crippen molar-refractivity contribution in [3.63, 3.8) is 0 Å². The number of carbonyl (C=O) groups is 1. The molecule has 1 heterocycles. The maximum atomic E-state index is 13.2. The molecule has 0 radical (unpaired) electrons. The third-order valence-corrected chi connectivity index (χ3v) is 4.99. The predicted molar refractivity (Wildman–Crippen MR) is 108 cm³/mol. The van der Waals surface area contributed by atoms with Crippen molar-refractivity contribution in [3.05, 3.63) is 94.3 Å². The van der Waals surface area contributed by atoms with Gasteiger partial charge < -0.3 is 4.98 Å². The van der Waals surface area contributed by atoms with Gasteiger partial charge in [0.25, 0.3) is 0 Å². The van der Waals surface area contributed by atoms with Crippen molar-refractivity contribution in [1.82, 2.24) is 4.98 Å². The number of hydrogen-bond acceptors (Lipinski definition) is 1. The molecule has 0 amide bonds. The van der Waals surface area contributed by atoms with E-state index in [2.05, 4.69) is 11.9 Å². The molecule has 29 heavy (non-hydrogen) atoms. The lowest BCUT2D eigenvalue weighted by molar-refractivity contribution is -0.137. The zero-order valence-corrected chi connectivity index (χ0v) is 16.4. The maximum absolute atomic E-state index is 13.2. The SMILES string of the molecule is CCCCCc1[nH]cc(Cc2cccc(C(F)(F)F)c2)c1C(=O)c1ccccc1. The van der Waals surface area contributed by atoms with Crippen LogP contribution in [0.1, 0.15) is 64.5 Å². The van der Waals surface area contributed by atoms with Gasteiger partial charge in [0.2, 0.25) is 0 Å². The molecular formula is C24H24F3NO. The monoisotopic (exact) mass is 399 g/mol. The van der Waals surface area contributed by atoms with E-state index in [4.69, 9.17) is 0 Å². The highest BCUT2D eigenvalue weighted by Crippen LogP contribution is 2.31. The lowest BCUT2D eigenvalue weighted by Gasteiger charge is -2.10. The summed E-state index contributed by atoms with van der Waals surface area (Å²) in [5.74, 6) is -0.0969. The summed E-state index contributed by atoms with van der Waals surface area (Å²) in [5.41, 5.74) is 2.60. The summed E-state index contributed by atoms with van der Waals surface area (Å²) in [5, 5.41) is 0. The first-order valence-electron chi connectivity index (χ1n) is 9.85. The fourth-order valence-corrected chi connectivity index (χ4v) is 3.50. The Kier molecular flexibility index (Phi) is 6.57. The minimum Gasteiger partial charge on any atom is -0.364 e. The van der Waals surface area contributed by atoms with Crippen LogP contribution >= 0.6 is 0 Å². The molecule has 0 saturated heterocycles. The predicted octanol–water partition coefficient (Wildman–Crippen LogP) is 6.59. The van der Waals surface area contributed by atoms with Crippen LogP contribution in [0.5, 0.6) is 0 Å². The molecule has 2 aromatic carbocycles. The molecule has 5 heteroatoms. The van der Waals surface area contributed by atoms with Gasteiger partial charge in [0, 0.05) is 23.0 Å². The fraction of sp³-hybridized carbons (Fsp3) is 0.292. The van der Waals surface area contributed by atoms with Crippen LogP contribution in [0.3, 0.4) is 0 Å². The lowest BCUT2D eigenvalue weighted by Crippen LogP contribution is -2.08. The van der Waals surface area contributed by atoms with E-state index in [0.717, 1.165) is 49.1 Å². The second kappa shape index (κ2) is 9.12. The zero-order valence-electron chi connectivity index (χ0n) is 16.4. The van der Waals surface area contributed by atoms with E-state index in [-0.39, 0.29) is 12.2 Å². The number of hydrogen-bond donors (Lipinski definition) is 1. The number of nitrogens with one attached hydrogen (secondary N) is 1. The lowest BCUT2D eigenvalue weighted by atomic mass is 9.94. The van der Waals surface area contributed by atoms with Gasteiger partial charge in [-0.05, 0) is 36.5 Å². The average Bonchev–Trinajstić information content (AvgIpc) is 3.10. The Labute approximate surface area is 168 Å². The van der Waals surface area contributed by atoms with Crippen molar-refractivity contribution in [2.45, 2.75) is 45.2 Å². The number of alkyl halides is 3. The number of aryl methyl sites for hydroxylation is 1. The van der Waals surface area contributed by atoms with Gasteiger partial charge in [0.1, 0.15) is 0 Å². The van der Waals surface area contributed by atoms with Crippen LogP contribution < -0.4 is 0 Å². The van der Waals surface area contributed by atoms with Gasteiger partial charge in [0.05, 0.1) is 5.56 Å². The van der Waals surface area contributed by atoms with Crippen LogP contribution in [-0.4, -0.2) is 10.8 Å². The average molecular weight is 399 g/mol. The van der Waals surface area contributed by atoms with Crippen LogP contribution in [-0.2, 0) is 19.0 Å². The van der Waals surface area contributed by atoms with E-state index < -0.39 is 11.7 Å². The fourth-order valence-electron chi connectivity index (χ4n) is 3.50. The molecule has 0 bridgehead atoms. The summed E-state index contributed by atoms with van der Waals surface area (Å²) in [7, 11) is 0. The molecule has 1 N–H and O–H groups in total. The van der Waals surface area contributed by atoms with E-state index in [0.29, 0.717) is 16.7 Å². The summed E-state index contributed by atoms with van der Waals surface area (Å²) in [6.45, 7) is 2.11. The number of aromatic nitrogens is 1. The topological polar surface area (TPSA) is 32.9 Å². The Morgan fingerprint density at radius 1 is 1.00 bits per heavy atom. The summed E-state index contributed by atoms with van der Waals surface area (Å²) < 4.78 is 39.2. The van der Waals surface area contributed by atoms with Crippen LogP contribution in [0.2, 0.25) is 0 Å². The Morgan fingerprint density at radius 3 is 2.45 bits per heavy atom. The van der Waals surface area contributed by atoms with Gasteiger partial charge in [-0.25, -0.2) is 0 Å². The number of benzene rings is 2. The van der Waals surface area contributed by atoms with Crippen molar-refractivity contribution in [2.24, 2.45) is 0 Å². The molecule has 3 aromatic rings. The van der Waals surface area contributed by atoms with Gasteiger partial charge in [-0.15, -0.1) is 0 Å². The van der Waals surface area contributed by atoms with Crippen molar-refractivity contribution < 1.29 is 18.0 Å². The van der Waals surface area contributed by atoms with Crippen molar-refractivity contribution in [3.8, 4) is 0 Å². The summed E-state index contributed by atoms with van der Waals surface area (Å²) >= 11 is 0. The van der Waals surface area contributed by atoms with E-state index in [9.17, 15) is 18.0 Å². The van der Waals surface area contributed by atoms with Gasteiger partial charge in [-0.2, -0.15) is 13.2 Å². The first-order chi connectivity index (χ1) is 13.9. The van der Waals surface area contributed by atoms with Crippen LogP contribution in [0.4, 0.5) is 13.2 Å². The zero-order chi connectivity index (χ0) is 20.9. The highest BCUT2D eigenvalue weighted by atomic mass is 19.4. The van der Waals surface area contributed by atoms with E-state index in [1.54, 1.807) is 24.4 Å². The smallest absolute Gasteiger partial charge is 0.364 e. The molecular weight excluding hydrogens is 375 g/mol. The molecule has 0 aliphatic carbocycles. The van der Waals surface area contributed by atoms with Gasteiger partial charge >= 0.3 is 6.18 Å². The Bertz CT molecular complexity index is 958. The van der Waals surface area contributed by atoms with Crippen LogP contribution in [0, 0.1) is 0 Å². The Hall–Kier alpha value is -2.82. The second-order valence-corrected chi connectivity index (χ2v) is 7.19. The third kappa shape index (κ3) is 5.17. The molecule has 0 spiro atoms. The molecule has 0 saturated carbocycles. The molecule has 0 aliphatic rings. The quantitative estimate of drug-likeness (QED) is 0.336. The molecule has 0 unspecified atom stereocenters. The number of aromatic amines is 1. The third-order valence-electron chi connectivity index (χ3n) is 4.99. The Balaban J connectivity index is 1.95. The number of H-pyrrole nitrogens is 1. The largest absolute Gasteiger partial charge is 0.416 e. The van der Waals surface area contributed by atoms with Crippen LogP contribution in [0.25, 0.3) is 0 Å². The molecule has 0 aliphatic heterocycles. The molecule has 0 fully saturated rings. The highest BCUT2D eigenvalue weighted by molar-refractivity contribution is 6.10. The van der Waals surface area contributed by atoms with E-state index in [1.807, 2.05) is 18.2 Å². The molecule has 0 atom stereocenters. The standard InChI is InChI=1S/C24H24F3NO/c1-2-3-5-13-21-22(23(29)18-10-6-4-7-11-18)19(16-28-21)14-17-9-8-12-20(15-17)24(25,26)27/h4,6-12,15-16,28H,2-3,5,13-14H2,1H3. The minimum atomic E-state index is -4.39. The normalized spacial score (nSPS) is 11.6. The molecule has 1 aromatic heterocycles. The number of rotatable bonds is 8. The molecule has 152 valence electrons. The first-order valence-corrected chi connectivity index (χ1v) is 9.85. The van der Waals surface area contributed by atoms with Crippen molar-refractivity contribution >= 4 is 5.78 Å². The van der Waals surface area contributed by atoms with E-state index >= 15 is 0 Å². The summed E-state index contributed by atoms with van der Waals surface area (Å²) in [4.78, 5) is 16.4. The molecule has 2 nitrogen and oxygen atoms in total. The van der Waals surface area contributed by atoms with Gasteiger partial charge in [-0.1, -0.05) is 68.3 Å². The number of ketones is 1. The highest BCUT2D eigenvalue weighted by Gasteiger charge is 2.30. The maximum Gasteiger partial charge on any atom is 0.416 e. The van der Waals surface area contributed by atoms with Crippen molar-refractivity contribution in [2.75, 3.05) is 0 Å². The summed E-state index contributed by atoms with van der Waals surface area (Å²) in [6.07, 6.45) is 1.46. The van der Waals surface area contributed by atoms with Crippen molar-refractivity contribution in [1.29, 1.82) is 0 Å².